The second kappa shape index (κ2) is 8.67. The summed E-state index contributed by atoms with van der Waals surface area (Å²) in [6, 6.07) is 15.0. The molecule has 32 heavy (non-hydrogen) atoms. The van der Waals surface area contributed by atoms with E-state index in [0.29, 0.717) is 43.1 Å². The van der Waals surface area contributed by atoms with Crippen molar-refractivity contribution < 1.29 is 17.7 Å². The molecule has 168 valence electrons. The smallest absolute Gasteiger partial charge is 0.276 e. The summed E-state index contributed by atoms with van der Waals surface area (Å²) in [7, 11) is -3.65. The average molecular weight is 454 g/mol. The van der Waals surface area contributed by atoms with Crippen molar-refractivity contribution in [2.75, 3.05) is 26.2 Å². The van der Waals surface area contributed by atoms with E-state index in [1.807, 2.05) is 18.2 Å². The van der Waals surface area contributed by atoms with Crippen LogP contribution in [0.4, 0.5) is 0 Å². The maximum Gasteiger partial charge on any atom is 0.276 e. The van der Waals surface area contributed by atoms with Gasteiger partial charge in [-0.1, -0.05) is 35.5 Å². The number of aromatic nitrogens is 1. The van der Waals surface area contributed by atoms with Crippen molar-refractivity contribution in [3.8, 4) is 0 Å². The summed E-state index contributed by atoms with van der Waals surface area (Å²) < 4.78 is 33.5. The minimum absolute atomic E-state index is 0.185. The molecule has 0 bridgehead atoms. The predicted molar refractivity (Wildman–Crippen MR) is 121 cm³/mol. The minimum Gasteiger partial charge on any atom is -0.355 e. The van der Waals surface area contributed by atoms with Crippen LogP contribution in [0.25, 0.3) is 11.0 Å². The van der Waals surface area contributed by atoms with Gasteiger partial charge in [0.2, 0.25) is 10.0 Å². The van der Waals surface area contributed by atoms with Crippen molar-refractivity contribution in [2.45, 2.75) is 37.0 Å². The van der Waals surface area contributed by atoms with Crippen LogP contribution in [0.1, 0.15) is 41.7 Å². The molecule has 2 aliphatic rings. The predicted octanol–water partition coefficient (Wildman–Crippen LogP) is 3.71. The highest BCUT2D eigenvalue weighted by atomic mass is 32.2. The highest BCUT2D eigenvalue weighted by Crippen LogP contribution is 2.29. The third kappa shape index (κ3) is 4.04. The zero-order valence-electron chi connectivity index (χ0n) is 17.9. The number of piperidine rings is 1. The number of rotatable bonds is 5. The number of nitrogens with zero attached hydrogens (tertiary/aromatic N) is 3. The molecular weight excluding hydrogens is 426 g/mol. The Morgan fingerprint density at radius 3 is 2.44 bits per heavy atom. The lowest BCUT2D eigenvalue weighted by Crippen LogP contribution is -2.38. The van der Waals surface area contributed by atoms with Crippen LogP contribution < -0.4 is 0 Å². The van der Waals surface area contributed by atoms with Gasteiger partial charge < -0.3 is 9.42 Å². The first-order chi connectivity index (χ1) is 15.5. The molecule has 0 atom stereocenters. The molecule has 0 N–H and O–H groups in total. The van der Waals surface area contributed by atoms with Gasteiger partial charge in [-0.2, -0.15) is 4.31 Å². The normalized spacial score (nSPS) is 18.4. The molecule has 3 heterocycles. The molecule has 5 rings (SSSR count). The van der Waals surface area contributed by atoms with Gasteiger partial charge in [-0.05, 0) is 61.8 Å². The van der Waals surface area contributed by atoms with Crippen molar-refractivity contribution in [1.29, 1.82) is 0 Å². The molecular formula is C24H27N3O4S. The molecule has 2 aliphatic heterocycles. The Hall–Kier alpha value is -2.71. The molecule has 2 saturated heterocycles. The van der Waals surface area contributed by atoms with Crippen molar-refractivity contribution >= 4 is 26.9 Å². The van der Waals surface area contributed by atoms with E-state index in [1.165, 1.54) is 5.56 Å². The van der Waals surface area contributed by atoms with Gasteiger partial charge in [0.05, 0.1) is 10.3 Å². The van der Waals surface area contributed by atoms with E-state index in [2.05, 4.69) is 17.3 Å². The fraction of sp³-hybridized carbons (Fsp3) is 0.417. The Bertz CT molecular complexity index is 1210. The van der Waals surface area contributed by atoms with Gasteiger partial charge >= 0.3 is 0 Å². The van der Waals surface area contributed by atoms with Gasteiger partial charge in [0.25, 0.3) is 5.91 Å². The van der Waals surface area contributed by atoms with Crippen LogP contribution in [0, 0.1) is 5.92 Å². The molecule has 0 unspecified atom stereocenters. The summed E-state index contributed by atoms with van der Waals surface area (Å²) in [4.78, 5) is 14.7. The topological polar surface area (TPSA) is 83.7 Å². The van der Waals surface area contributed by atoms with Gasteiger partial charge in [-0.15, -0.1) is 0 Å². The van der Waals surface area contributed by atoms with Crippen molar-refractivity contribution in [3.05, 3.63) is 59.8 Å². The summed E-state index contributed by atoms with van der Waals surface area (Å²) in [5, 5.41) is 4.41. The second-order valence-corrected chi connectivity index (χ2v) is 10.7. The Balaban J connectivity index is 1.33. The van der Waals surface area contributed by atoms with E-state index in [0.717, 1.165) is 32.1 Å². The SMILES string of the molecule is O=C(c1noc2ccc(S(=O)(=O)N3CCC(Cc4ccccc4)CC3)cc12)N1CCCC1. The first-order valence-corrected chi connectivity index (χ1v) is 12.7. The number of benzene rings is 2. The number of fused-ring (bicyclic) bond motifs is 1. The largest absolute Gasteiger partial charge is 0.355 e. The van der Waals surface area contributed by atoms with Crippen LogP contribution in [0.15, 0.2) is 57.9 Å². The Kier molecular flexibility index (Phi) is 5.73. The lowest BCUT2D eigenvalue weighted by atomic mass is 9.91. The highest BCUT2D eigenvalue weighted by Gasteiger charge is 2.31. The van der Waals surface area contributed by atoms with Crippen molar-refractivity contribution in [3.63, 3.8) is 0 Å². The number of amides is 1. The third-order valence-corrected chi connectivity index (χ3v) is 8.51. The number of carbonyl (C=O) groups is 1. The van der Waals surface area contributed by atoms with Gasteiger partial charge in [0.1, 0.15) is 0 Å². The number of hydrogen-bond donors (Lipinski definition) is 0. The van der Waals surface area contributed by atoms with Crippen LogP contribution in [0.2, 0.25) is 0 Å². The van der Waals surface area contributed by atoms with Crippen LogP contribution in [-0.4, -0.2) is 54.9 Å². The molecule has 1 amide bonds. The van der Waals surface area contributed by atoms with Crippen LogP contribution in [0.5, 0.6) is 0 Å². The van der Waals surface area contributed by atoms with Gasteiger partial charge in [0.15, 0.2) is 11.3 Å². The number of carbonyl (C=O) groups excluding carboxylic acids is 1. The number of likely N-dealkylation sites (tertiary alicyclic amines) is 1. The zero-order valence-corrected chi connectivity index (χ0v) is 18.8. The summed E-state index contributed by atoms with van der Waals surface area (Å²) in [6.07, 6.45) is 4.59. The van der Waals surface area contributed by atoms with E-state index in [9.17, 15) is 13.2 Å². The fourth-order valence-electron chi connectivity index (χ4n) is 4.75. The molecule has 0 radical (unpaired) electrons. The van der Waals surface area contributed by atoms with Gasteiger partial charge in [-0.3, -0.25) is 4.79 Å². The summed E-state index contributed by atoms with van der Waals surface area (Å²) in [5.74, 6) is 0.284. The van der Waals surface area contributed by atoms with E-state index < -0.39 is 10.0 Å². The summed E-state index contributed by atoms with van der Waals surface area (Å²) in [6.45, 7) is 2.40. The standard InChI is InChI=1S/C24H27N3O4S/c28-24(26-12-4-5-13-26)23-21-17-20(8-9-22(21)31-25-23)32(29,30)27-14-10-19(11-15-27)16-18-6-2-1-3-7-18/h1-3,6-9,17,19H,4-5,10-16H2. The Labute approximate surface area is 188 Å². The molecule has 8 heteroatoms. The third-order valence-electron chi connectivity index (χ3n) is 6.62. The van der Waals surface area contributed by atoms with Crippen molar-refractivity contribution in [1.82, 2.24) is 14.4 Å². The highest BCUT2D eigenvalue weighted by molar-refractivity contribution is 7.89. The summed E-state index contributed by atoms with van der Waals surface area (Å²) >= 11 is 0. The second-order valence-electron chi connectivity index (χ2n) is 8.73. The van der Waals surface area contributed by atoms with Gasteiger partial charge in [-0.25, -0.2) is 8.42 Å². The fourth-order valence-corrected chi connectivity index (χ4v) is 6.25. The molecule has 7 nitrogen and oxygen atoms in total. The molecule has 2 fully saturated rings. The molecule has 0 aliphatic carbocycles. The lowest BCUT2D eigenvalue weighted by molar-refractivity contribution is 0.0784. The molecule has 2 aromatic carbocycles. The minimum atomic E-state index is -3.65. The van der Waals surface area contributed by atoms with E-state index >= 15 is 0 Å². The number of sulfonamides is 1. The van der Waals surface area contributed by atoms with Crippen LogP contribution >= 0.6 is 0 Å². The maximum atomic E-state index is 13.3. The first-order valence-electron chi connectivity index (χ1n) is 11.2. The summed E-state index contributed by atoms with van der Waals surface area (Å²) in [5.41, 5.74) is 1.91. The lowest BCUT2D eigenvalue weighted by Gasteiger charge is -2.31. The molecule has 0 saturated carbocycles. The zero-order chi connectivity index (χ0) is 22.1. The molecule has 3 aromatic rings. The van der Waals surface area contributed by atoms with Crippen molar-refractivity contribution in [2.24, 2.45) is 5.92 Å². The monoisotopic (exact) mass is 453 g/mol. The quantitative estimate of drug-likeness (QED) is 0.588. The van der Waals surface area contributed by atoms with E-state index in [4.69, 9.17) is 4.52 Å². The molecule has 0 spiro atoms. The molecule has 1 aromatic heterocycles. The average Bonchev–Trinajstić information content (AvgIpc) is 3.50. The van der Waals surface area contributed by atoms with Crippen LogP contribution in [-0.2, 0) is 16.4 Å². The Morgan fingerprint density at radius 2 is 1.72 bits per heavy atom. The Morgan fingerprint density at radius 1 is 1.00 bits per heavy atom. The van der Waals surface area contributed by atoms with Crippen LogP contribution in [0.3, 0.4) is 0 Å². The van der Waals surface area contributed by atoms with E-state index in [-0.39, 0.29) is 16.5 Å². The number of hydrogen-bond acceptors (Lipinski definition) is 5. The maximum absolute atomic E-state index is 13.3. The first kappa shape index (κ1) is 21.2. The van der Waals surface area contributed by atoms with E-state index in [1.54, 1.807) is 27.4 Å². The van der Waals surface area contributed by atoms with Gasteiger partial charge in [0, 0.05) is 26.2 Å².